The van der Waals surface area contributed by atoms with E-state index in [1.54, 1.807) is 19.2 Å². The fraction of sp³-hybridized carbons (Fsp3) is 0.100. The normalized spacial score (nSPS) is 10.6. The van der Waals surface area contributed by atoms with Crippen molar-refractivity contribution in [1.29, 1.82) is 0 Å². The summed E-state index contributed by atoms with van der Waals surface area (Å²) < 4.78 is 13.1. The van der Waals surface area contributed by atoms with Gasteiger partial charge in [0, 0.05) is 11.6 Å². The number of hydrogen-bond acceptors (Lipinski definition) is 2. The number of nitrogen functional groups attached to an aromatic ring is 1. The second-order valence-electron chi connectivity index (χ2n) is 3.02. The van der Waals surface area contributed by atoms with Gasteiger partial charge in [-0.25, -0.2) is 9.37 Å². The highest BCUT2D eigenvalue weighted by Gasteiger charge is 2.02. The Morgan fingerprint density at radius 1 is 1.38 bits per heavy atom. The third-order valence-electron chi connectivity index (χ3n) is 2.07. The molecule has 0 fully saturated rings. The van der Waals surface area contributed by atoms with Crippen LogP contribution >= 0.6 is 0 Å². The molecule has 1 aromatic heterocycles. The lowest BCUT2D eigenvalue weighted by atomic mass is 10.1. The van der Waals surface area contributed by atoms with E-state index in [0.29, 0.717) is 16.8 Å². The molecule has 2 nitrogen and oxygen atoms in total. The zero-order chi connectivity index (χ0) is 9.42. The van der Waals surface area contributed by atoms with Crippen molar-refractivity contribution < 1.29 is 4.39 Å². The second kappa shape index (κ2) is 2.69. The molecule has 0 saturated heterocycles. The largest absolute Gasteiger partial charge is 0.383 e. The number of hydrogen-bond donors (Lipinski definition) is 1. The van der Waals surface area contributed by atoms with Gasteiger partial charge in [0.25, 0.3) is 0 Å². The van der Waals surface area contributed by atoms with E-state index in [4.69, 9.17) is 5.73 Å². The zero-order valence-electron chi connectivity index (χ0n) is 7.21. The summed E-state index contributed by atoms with van der Waals surface area (Å²) in [4.78, 5) is 3.89. The number of fused-ring (bicyclic) bond motifs is 1. The lowest BCUT2D eigenvalue weighted by Gasteiger charge is -2.02. The van der Waals surface area contributed by atoms with E-state index in [-0.39, 0.29) is 5.82 Å². The van der Waals surface area contributed by atoms with E-state index in [1.807, 2.05) is 6.07 Å². The summed E-state index contributed by atoms with van der Waals surface area (Å²) in [5, 5.41) is 1.59. The fourth-order valence-electron chi connectivity index (χ4n) is 1.33. The predicted molar refractivity (Wildman–Crippen MR) is 50.9 cm³/mol. The van der Waals surface area contributed by atoms with Crippen LogP contribution in [0.25, 0.3) is 10.8 Å². The average Bonchev–Trinajstić information content (AvgIpc) is 2.09. The van der Waals surface area contributed by atoms with Crippen molar-refractivity contribution >= 4 is 16.6 Å². The maximum absolute atomic E-state index is 13.1. The van der Waals surface area contributed by atoms with Gasteiger partial charge >= 0.3 is 0 Å². The van der Waals surface area contributed by atoms with Gasteiger partial charge in [-0.2, -0.15) is 0 Å². The molecule has 1 heterocycles. The molecule has 0 saturated carbocycles. The fourth-order valence-corrected chi connectivity index (χ4v) is 1.33. The molecule has 0 aliphatic rings. The molecule has 0 amide bonds. The van der Waals surface area contributed by atoms with Crippen LogP contribution in [0.1, 0.15) is 5.56 Å². The van der Waals surface area contributed by atoms with Crippen molar-refractivity contribution in [2.45, 2.75) is 6.92 Å². The Bertz CT molecular complexity index is 466. The lowest BCUT2D eigenvalue weighted by Crippen LogP contribution is -1.92. The van der Waals surface area contributed by atoms with Crippen LogP contribution in [0, 0.1) is 12.7 Å². The maximum Gasteiger partial charge on any atom is 0.131 e. The monoisotopic (exact) mass is 176 g/mol. The van der Waals surface area contributed by atoms with Gasteiger partial charge in [-0.15, -0.1) is 0 Å². The van der Waals surface area contributed by atoms with Crippen molar-refractivity contribution in [2.24, 2.45) is 0 Å². The van der Waals surface area contributed by atoms with Gasteiger partial charge in [0.1, 0.15) is 11.6 Å². The first kappa shape index (κ1) is 7.98. The summed E-state index contributed by atoms with van der Waals surface area (Å²) in [5.41, 5.74) is 6.22. The maximum atomic E-state index is 13.1. The van der Waals surface area contributed by atoms with Crippen molar-refractivity contribution in [3.05, 3.63) is 35.8 Å². The Hall–Kier alpha value is -1.64. The Morgan fingerprint density at radius 2 is 2.15 bits per heavy atom. The molecule has 2 N–H and O–H groups in total. The Kier molecular flexibility index (Phi) is 1.65. The van der Waals surface area contributed by atoms with Crippen LogP contribution in [0.2, 0.25) is 0 Å². The van der Waals surface area contributed by atoms with Crippen molar-refractivity contribution in [3.63, 3.8) is 0 Å². The lowest BCUT2D eigenvalue weighted by molar-refractivity contribution is 0.620. The SMILES string of the molecule is Cc1cc2ccnc(N)c2cc1F. The van der Waals surface area contributed by atoms with Gasteiger partial charge in [-0.1, -0.05) is 0 Å². The molecule has 66 valence electrons. The van der Waals surface area contributed by atoms with Crippen LogP contribution in [0.3, 0.4) is 0 Å². The van der Waals surface area contributed by atoms with E-state index in [1.165, 1.54) is 6.07 Å². The Morgan fingerprint density at radius 3 is 2.92 bits per heavy atom. The van der Waals surface area contributed by atoms with Crippen LogP contribution in [-0.2, 0) is 0 Å². The molecule has 0 bridgehead atoms. The highest BCUT2D eigenvalue weighted by molar-refractivity contribution is 5.91. The third-order valence-corrected chi connectivity index (χ3v) is 2.07. The van der Waals surface area contributed by atoms with Gasteiger partial charge in [0.15, 0.2) is 0 Å². The van der Waals surface area contributed by atoms with Crippen LogP contribution in [0.5, 0.6) is 0 Å². The molecular formula is C10H9FN2. The number of rotatable bonds is 0. The summed E-state index contributed by atoms with van der Waals surface area (Å²) in [7, 11) is 0. The molecule has 2 rings (SSSR count). The van der Waals surface area contributed by atoms with Gasteiger partial charge in [0.2, 0.25) is 0 Å². The number of nitrogens with two attached hydrogens (primary N) is 1. The van der Waals surface area contributed by atoms with E-state index < -0.39 is 0 Å². The minimum absolute atomic E-state index is 0.243. The molecule has 13 heavy (non-hydrogen) atoms. The number of benzene rings is 1. The number of nitrogens with zero attached hydrogens (tertiary/aromatic N) is 1. The second-order valence-corrected chi connectivity index (χ2v) is 3.02. The first-order valence-electron chi connectivity index (χ1n) is 3.99. The smallest absolute Gasteiger partial charge is 0.131 e. The van der Waals surface area contributed by atoms with Crippen molar-refractivity contribution in [3.8, 4) is 0 Å². The van der Waals surface area contributed by atoms with E-state index in [9.17, 15) is 4.39 Å². The first-order chi connectivity index (χ1) is 6.18. The van der Waals surface area contributed by atoms with Crippen LogP contribution < -0.4 is 5.73 Å². The number of aryl methyl sites for hydroxylation is 1. The minimum atomic E-state index is -0.243. The van der Waals surface area contributed by atoms with Crippen LogP contribution in [0.15, 0.2) is 24.4 Å². The van der Waals surface area contributed by atoms with E-state index >= 15 is 0 Å². The Labute approximate surface area is 75.2 Å². The number of pyridine rings is 1. The topological polar surface area (TPSA) is 38.9 Å². The van der Waals surface area contributed by atoms with Crippen LogP contribution in [0.4, 0.5) is 10.2 Å². The highest BCUT2D eigenvalue weighted by atomic mass is 19.1. The summed E-state index contributed by atoms with van der Waals surface area (Å²) in [5.74, 6) is 0.128. The number of aromatic nitrogens is 1. The average molecular weight is 176 g/mol. The van der Waals surface area contributed by atoms with Crippen molar-refractivity contribution in [2.75, 3.05) is 5.73 Å². The minimum Gasteiger partial charge on any atom is -0.383 e. The van der Waals surface area contributed by atoms with E-state index in [2.05, 4.69) is 4.98 Å². The molecule has 2 aromatic rings. The molecule has 0 spiro atoms. The quantitative estimate of drug-likeness (QED) is 0.668. The Balaban J connectivity index is 2.89. The standard InChI is InChI=1S/C10H9FN2/c1-6-4-7-2-3-13-10(12)8(7)5-9(6)11/h2-5H,1H3,(H2,12,13). The molecule has 0 aliphatic heterocycles. The molecule has 0 atom stereocenters. The molecule has 0 radical (unpaired) electrons. The summed E-state index contributed by atoms with van der Waals surface area (Å²) in [6.07, 6.45) is 1.62. The molecule has 0 aliphatic carbocycles. The van der Waals surface area contributed by atoms with Gasteiger partial charge in [-0.05, 0) is 36.1 Å². The highest BCUT2D eigenvalue weighted by Crippen LogP contribution is 2.21. The van der Waals surface area contributed by atoms with Crippen molar-refractivity contribution in [1.82, 2.24) is 4.98 Å². The zero-order valence-corrected chi connectivity index (χ0v) is 7.21. The first-order valence-corrected chi connectivity index (χ1v) is 3.99. The molecule has 1 aromatic carbocycles. The van der Waals surface area contributed by atoms with Gasteiger partial charge in [-0.3, -0.25) is 0 Å². The number of halogens is 1. The van der Waals surface area contributed by atoms with Gasteiger partial charge in [0.05, 0.1) is 0 Å². The molecular weight excluding hydrogens is 167 g/mol. The van der Waals surface area contributed by atoms with Crippen LogP contribution in [-0.4, -0.2) is 4.98 Å². The number of anilines is 1. The molecule has 3 heteroatoms. The summed E-state index contributed by atoms with van der Waals surface area (Å²) >= 11 is 0. The van der Waals surface area contributed by atoms with Gasteiger partial charge < -0.3 is 5.73 Å². The summed E-state index contributed by atoms with van der Waals surface area (Å²) in [6, 6.07) is 5.01. The predicted octanol–water partition coefficient (Wildman–Crippen LogP) is 2.26. The summed E-state index contributed by atoms with van der Waals surface area (Å²) in [6.45, 7) is 1.73. The third kappa shape index (κ3) is 1.22. The molecule has 0 unspecified atom stereocenters. The van der Waals surface area contributed by atoms with E-state index in [0.717, 1.165) is 5.39 Å².